The van der Waals surface area contributed by atoms with Crippen molar-refractivity contribution in [3.8, 4) is 0 Å². The molecule has 0 saturated carbocycles. The van der Waals surface area contributed by atoms with E-state index >= 15 is 0 Å². The Labute approximate surface area is 124 Å². The second-order valence-electron chi connectivity index (χ2n) is 4.57. The molecule has 1 amide bonds. The summed E-state index contributed by atoms with van der Waals surface area (Å²) in [5.41, 5.74) is 2.09. The molecule has 1 aromatic heterocycles. The number of carbonyl (C=O) groups is 1. The minimum Gasteiger partial charge on any atom is -0.408 e. The van der Waals surface area contributed by atoms with Gasteiger partial charge in [-0.05, 0) is 30.3 Å². The first-order valence-corrected chi connectivity index (χ1v) is 6.59. The van der Waals surface area contributed by atoms with E-state index in [1.54, 1.807) is 49.5 Å². The maximum Gasteiger partial charge on any atom is 0.419 e. The summed E-state index contributed by atoms with van der Waals surface area (Å²) in [5, 5.41) is 3.23. The molecule has 0 saturated heterocycles. The topological polar surface area (TPSA) is 64.2 Å². The molecule has 0 aliphatic heterocycles. The lowest BCUT2D eigenvalue weighted by Gasteiger charge is -2.05. The largest absolute Gasteiger partial charge is 0.419 e. The minimum absolute atomic E-state index is 0.282. The number of halogens is 1. The van der Waals surface area contributed by atoms with Crippen LogP contribution in [0.15, 0.2) is 51.7 Å². The summed E-state index contributed by atoms with van der Waals surface area (Å²) in [6, 6.07) is 11.7. The molecule has 0 radical (unpaired) electrons. The van der Waals surface area contributed by atoms with Crippen LogP contribution in [0.4, 0.5) is 5.69 Å². The molecule has 5 nitrogen and oxygen atoms in total. The highest BCUT2D eigenvalue weighted by Crippen LogP contribution is 2.19. The van der Waals surface area contributed by atoms with Crippen LogP contribution in [0.2, 0.25) is 5.02 Å². The van der Waals surface area contributed by atoms with Crippen molar-refractivity contribution in [3.63, 3.8) is 0 Å². The van der Waals surface area contributed by atoms with E-state index in [2.05, 4.69) is 5.32 Å². The molecule has 1 N–H and O–H groups in total. The van der Waals surface area contributed by atoms with Crippen LogP contribution in [0.25, 0.3) is 11.1 Å². The molecule has 0 aliphatic rings. The third kappa shape index (κ3) is 2.55. The minimum atomic E-state index is -0.441. The highest BCUT2D eigenvalue weighted by atomic mass is 35.5. The van der Waals surface area contributed by atoms with E-state index in [9.17, 15) is 9.59 Å². The Bertz CT molecular complexity index is 895. The number of rotatable bonds is 2. The van der Waals surface area contributed by atoms with E-state index in [1.807, 2.05) is 0 Å². The summed E-state index contributed by atoms with van der Waals surface area (Å²) < 4.78 is 6.48. The zero-order valence-electron chi connectivity index (χ0n) is 11.1. The van der Waals surface area contributed by atoms with E-state index in [4.69, 9.17) is 16.0 Å². The maximum absolute atomic E-state index is 12.1. The molecule has 0 spiro atoms. The van der Waals surface area contributed by atoms with E-state index in [0.717, 1.165) is 0 Å². The summed E-state index contributed by atoms with van der Waals surface area (Å²) in [6.45, 7) is 0. The molecular weight excluding hydrogens is 292 g/mol. The predicted octanol–water partition coefficient (Wildman–Crippen LogP) is 3.04. The van der Waals surface area contributed by atoms with Crippen LogP contribution in [0, 0.1) is 0 Å². The molecule has 1 heterocycles. The van der Waals surface area contributed by atoms with Crippen LogP contribution in [0.3, 0.4) is 0 Å². The number of hydrogen-bond acceptors (Lipinski definition) is 3. The number of aromatic nitrogens is 1. The number of nitrogens with one attached hydrogen (secondary N) is 1. The lowest BCUT2D eigenvalue weighted by atomic mass is 10.2. The fraction of sp³-hybridized carbons (Fsp3) is 0.0667. The number of nitrogens with zero attached hydrogens (tertiary/aromatic N) is 1. The Morgan fingerprint density at radius 2 is 2.05 bits per heavy atom. The van der Waals surface area contributed by atoms with Crippen LogP contribution >= 0.6 is 11.6 Å². The van der Waals surface area contributed by atoms with Crippen molar-refractivity contribution in [2.24, 2.45) is 7.05 Å². The zero-order chi connectivity index (χ0) is 15.0. The quantitative estimate of drug-likeness (QED) is 0.791. The summed E-state index contributed by atoms with van der Waals surface area (Å²) in [6.07, 6.45) is 0. The Kier molecular flexibility index (Phi) is 3.27. The Morgan fingerprint density at radius 1 is 1.24 bits per heavy atom. The number of carbonyl (C=O) groups excluding carboxylic acids is 1. The van der Waals surface area contributed by atoms with E-state index in [0.29, 0.717) is 27.4 Å². The van der Waals surface area contributed by atoms with Crippen molar-refractivity contribution in [1.82, 2.24) is 4.57 Å². The van der Waals surface area contributed by atoms with Gasteiger partial charge in [-0.15, -0.1) is 0 Å². The highest BCUT2D eigenvalue weighted by molar-refractivity contribution is 6.31. The Balaban J connectivity index is 1.91. The van der Waals surface area contributed by atoms with Crippen LogP contribution in [0.1, 0.15) is 10.4 Å². The van der Waals surface area contributed by atoms with Gasteiger partial charge in [-0.1, -0.05) is 17.7 Å². The van der Waals surface area contributed by atoms with Gasteiger partial charge in [-0.2, -0.15) is 0 Å². The van der Waals surface area contributed by atoms with Crippen molar-refractivity contribution in [2.45, 2.75) is 0 Å². The molecule has 0 fully saturated rings. The number of oxazole rings is 1. The Morgan fingerprint density at radius 3 is 2.81 bits per heavy atom. The lowest BCUT2D eigenvalue weighted by molar-refractivity contribution is 0.102. The van der Waals surface area contributed by atoms with Gasteiger partial charge in [-0.25, -0.2) is 4.79 Å². The van der Waals surface area contributed by atoms with Crippen LogP contribution < -0.4 is 11.1 Å². The number of fused-ring (bicyclic) bond motifs is 1. The fourth-order valence-corrected chi connectivity index (χ4v) is 2.23. The zero-order valence-corrected chi connectivity index (χ0v) is 11.8. The molecular formula is C15H11ClN2O3. The smallest absolute Gasteiger partial charge is 0.408 e. The normalized spacial score (nSPS) is 10.8. The van der Waals surface area contributed by atoms with Gasteiger partial charge >= 0.3 is 5.76 Å². The SMILES string of the molecule is Cn1c(=O)oc2cc(NC(=O)c3cccc(Cl)c3)ccc21. The lowest BCUT2D eigenvalue weighted by Crippen LogP contribution is -2.11. The summed E-state index contributed by atoms with van der Waals surface area (Å²) in [4.78, 5) is 23.5. The number of anilines is 1. The third-order valence-electron chi connectivity index (χ3n) is 3.14. The van der Waals surface area contributed by atoms with Crippen LogP contribution in [-0.2, 0) is 7.05 Å². The van der Waals surface area contributed by atoms with Gasteiger partial charge in [0.15, 0.2) is 5.58 Å². The molecule has 0 atom stereocenters. The average molecular weight is 303 g/mol. The summed E-state index contributed by atoms with van der Waals surface area (Å²) in [7, 11) is 1.62. The second-order valence-corrected chi connectivity index (χ2v) is 5.01. The standard InChI is InChI=1S/C15H11ClN2O3/c1-18-12-6-5-11(8-13(12)21-15(18)20)17-14(19)9-3-2-4-10(16)7-9/h2-8H,1H3,(H,17,19). The maximum atomic E-state index is 12.1. The summed E-state index contributed by atoms with van der Waals surface area (Å²) >= 11 is 5.86. The Hall–Kier alpha value is -2.53. The number of aryl methyl sites for hydroxylation is 1. The van der Waals surface area contributed by atoms with E-state index < -0.39 is 5.76 Å². The van der Waals surface area contributed by atoms with Gasteiger partial charge in [0.05, 0.1) is 5.52 Å². The van der Waals surface area contributed by atoms with Gasteiger partial charge in [0.25, 0.3) is 5.91 Å². The van der Waals surface area contributed by atoms with Crippen LogP contribution in [0.5, 0.6) is 0 Å². The molecule has 106 valence electrons. The molecule has 0 bridgehead atoms. The molecule has 0 aliphatic carbocycles. The molecule has 3 aromatic rings. The first-order valence-electron chi connectivity index (χ1n) is 6.21. The number of benzene rings is 2. The highest BCUT2D eigenvalue weighted by Gasteiger charge is 2.10. The summed E-state index contributed by atoms with van der Waals surface area (Å²) in [5.74, 6) is -0.724. The van der Waals surface area contributed by atoms with Crippen molar-refractivity contribution in [2.75, 3.05) is 5.32 Å². The van der Waals surface area contributed by atoms with E-state index in [1.165, 1.54) is 4.57 Å². The second kappa shape index (κ2) is 5.10. The number of amides is 1. The van der Waals surface area contributed by atoms with Gasteiger partial charge in [0.1, 0.15) is 0 Å². The average Bonchev–Trinajstić information content (AvgIpc) is 2.73. The van der Waals surface area contributed by atoms with Crippen LogP contribution in [-0.4, -0.2) is 10.5 Å². The molecule has 21 heavy (non-hydrogen) atoms. The van der Waals surface area contributed by atoms with Crippen molar-refractivity contribution >= 4 is 34.3 Å². The van der Waals surface area contributed by atoms with E-state index in [-0.39, 0.29) is 5.91 Å². The molecule has 3 rings (SSSR count). The van der Waals surface area contributed by atoms with Gasteiger partial charge in [0.2, 0.25) is 0 Å². The molecule has 2 aromatic carbocycles. The first-order chi connectivity index (χ1) is 10.0. The fourth-order valence-electron chi connectivity index (χ4n) is 2.04. The van der Waals surface area contributed by atoms with Crippen molar-refractivity contribution in [1.29, 1.82) is 0 Å². The first kappa shape index (κ1) is 13.5. The third-order valence-corrected chi connectivity index (χ3v) is 3.37. The molecule has 0 unspecified atom stereocenters. The van der Waals surface area contributed by atoms with Gasteiger partial charge in [-0.3, -0.25) is 9.36 Å². The predicted molar refractivity (Wildman–Crippen MR) is 80.9 cm³/mol. The van der Waals surface area contributed by atoms with Gasteiger partial charge < -0.3 is 9.73 Å². The van der Waals surface area contributed by atoms with Crippen molar-refractivity contribution < 1.29 is 9.21 Å². The monoisotopic (exact) mass is 302 g/mol. The number of hydrogen-bond donors (Lipinski definition) is 1. The van der Waals surface area contributed by atoms with Crippen molar-refractivity contribution in [3.05, 3.63) is 63.6 Å². The molecule has 6 heteroatoms. The van der Waals surface area contributed by atoms with Gasteiger partial charge in [0, 0.05) is 29.4 Å².